The van der Waals surface area contributed by atoms with Crippen LogP contribution in [0.15, 0.2) is 18.3 Å². The first kappa shape index (κ1) is 12.1. The molecule has 6 heteroatoms. The monoisotopic (exact) mass is 269 g/mol. The standard InChI is InChI=1S/C11H9Cl2N3O/c1-6-3-4-9(12)15-11(6)16-7(2)8(5-14-16)10(13)17/h3-5H,1-2H3. The Kier molecular flexibility index (Phi) is 3.17. The van der Waals surface area contributed by atoms with Crippen molar-refractivity contribution in [3.05, 3.63) is 40.3 Å². The Balaban J connectivity index is 2.61. The van der Waals surface area contributed by atoms with Crippen LogP contribution in [0.1, 0.15) is 21.6 Å². The van der Waals surface area contributed by atoms with Gasteiger partial charge in [-0.1, -0.05) is 17.7 Å². The summed E-state index contributed by atoms with van der Waals surface area (Å²) in [6.07, 6.45) is 1.42. The van der Waals surface area contributed by atoms with Gasteiger partial charge in [0.05, 0.1) is 17.5 Å². The second-order valence-corrected chi connectivity index (χ2v) is 4.33. The maximum Gasteiger partial charge on any atom is 0.255 e. The highest BCUT2D eigenvalue weighted by atomic mass is 35.5. The second-order valence-electron chi connectivity index (χ2n) is 3.60. The molecule has 17 heavy (non-hydrogen) atoms. The van der Waals surface area contributed by atoms with Crippen molar-refractivity contribution in [2.75, 3.05) is 0 Å². The molecule has 0 atom stereocenters. The molecule has 4 nitrogen and oxygen atoms in total. The molecule has 0 saturated carbocycles. The van der Waals surface area contributed by atoms with Crippen molar-refractivity contribution >= 4 is 28.4 Å². The molecular formula is C11H9Cl2N3O. The Hall–Kier alpha value is -1.39. The van der Waals surface area contributed by atoms with E-state index in [2.05, 4.69) is 10.1 Å². The van der Waals surface area contributed by atoms with Gasteiger partial charge in [0.25, 0.3) is 5.24 Å². The first-order valence-electron chi connectivity index (χ1n) is 4.88. The summed E-state index contributed by atoms with van der Waals surface area (Å²) >= 11 is 11.3. The Morgan fingerprint density at radius 2 is 2.06 bits per heavy atom. The van der Waals surface area contributed by atoms with E-state index in [0.29, 0.717) is 22.2 Å². The number of nitrogens with zero attached hydrogens (tertiary/aromatic N) is 3. The molecule has 88 valence electrons. The quantitative estimate of drug-likeness (QED) is 0.622. The van der Waals surface area contributed by atoms with Crippen LogP contribution in [0.25, 0.3) is 5.82 Å². The molecule has 0 aromatic carbocycles. The number of hydrogen-bond acceptors (Lipinski definition) is 3. The topological polar surface area (TPSA) is 47.8 Å². The molecule has 0 radical (unpaired) electrons. The van der Waals surface area contributed by atoms with Gasteiger partial charge in [0.1, 0.15) is 5.15 Å². The fourth-order valence-electron chi connectivity index (χ4n) is 1.53. The molecule has 0 saturated heterocycles. The molecule has 0 amide bonds. The highest BCUT2D eigenvalue weighted by Crippen LogP contribution is 2.19. The van der Waals surface area contributed by atoms with Crippen LogP contribution in [0.2, 0.25) is 5.15 Å². The second kappa shape index (κ2) is 4.47. The van der Waals surface area contributed by atoms with E-state index < -0.39 is 5.24 Å². The molecule has 0 unspecified atom stereocenters. The number of rotatable bonds is 2. The summed E-state index contributed by atoms with van der Waals surface area (Å²) in [5.41, 5.74) is 1.92. The molecular weight excluding hydrogens is 261 g/mol. The molecule has 0 fully saturated rings. The zero-order valence-corrected chi connectivity index (χ0v) is 10.7. The van der Waals surface area contributed by atoms with Crippen molar-refractivity contribution in [2.45, 2.75) is 13.8 Å². The van der Waals surface area contributed by atoms with Crippen LogP contribution in [-0.2, 0) is 0 Å². The lowest BCUT2D eigenvalue weighted by Crippen LogP contribution is -2.05. The molecule has 0 aliphatic rings. The average Bonchev–Trinajstić information content (AvgIpc) is 2.64. The fraction of sp³-hybridized carbons (Fsp3) is 0.182. The number of hydrogen-bond donors (Lipinski definition) is 0. The third-order valence-electron chi connectivity index (χ3n) is 2.46. The third-order valence-corrected chi connectivity index (χ3v) is 2.87. The van der Waals surface area contributed by atoms with Crippen LogP contribution in [0, 0.1) is 13.8 Å². The third kappa shape index (κ3) is 2.18. The summed E-state index contributed by atoms with van der Waals surface area (Å²) in [4.78, 5) is 15.3. The van der Waals surface area contributed by atoms with Gasteiger partial charge >= 0.3 is 0 Å². The number of aromatic nitrogens is 3. The predicted octanol–water partition coefficient (Wildman–Crippen LogP) is 2.92. The van der Waals surface area contributed by atoms with Gasteiger partial charge in [-0.15, -0.1) is 0 Å². The number of carbonyl (C=O) groups excluding carboxylic acids is 1. The summed E-state index contributed by atoms with van der Waals surface area (Å²) in [6, 6.07) is 3.54. The Morgan fingerprint density at radius 1 is 1.35 bits per heavy atom. The molecule has 0 bridgehead atoms. The number of pyridine rings is 1. The van der Waals surface area contributed by atoms with Crippen LogP contribution < -0.4 is 0 Å². The van der Waals surface area contributed by atoms with Crippen LogP contribution in [0.5, 0.6) is 0 Å². The van der Waals surface area contributed by atoms with Gasteiger partial charge in [-0.25, -0.2) is 9.67 Å². The maximum atomic E-state index is 11.1. The smallest absolute Gasteiger partial charge is 0.255 e. The first-order chi connectivity index (χ1) is 8.00. The van der Waals surface area contributed by atoms with Crippen molar-refractivity contribution in [1.82, 2.24) is 14.8 Å². The van der Waals surface area contributed by atoms with Gasteiger partial charge < -0.3 is 0 Å². The Morgan fingerprint density at radius 3 is 2.65 bits per heavy atom. The molecule has 2 aromatic heterocycles. The van der Waals surface area contributed by atoms with E-state index in [-0.39, 0.29) is 0 Å². The van der Waals surface area contributed by atoms with Crippen molar-refractivity contribution in [2.24, 2.45) is 0 Å². The molecule has 0 spiro atoms. The Labute approximate surface area is 108 Å². The molecule has 0 aliphatic carbocycles. The largest absolute Gasteiger partial charge is 0.275 e. The summed E-state index contributed by atoms with van der Waals surface area (Å²) < 4.78 is 1.55. The molecule has 0 aliphatic heterocycles. The van der Waals surface area contributed by atoms with Crippen LogP contribution in [0.4, 0.5) is 0 Å². The van der Waals surface area contributed by atoms with E-state index in [4.69, 9.17) is 23.2 Å². The van der Waals surface area contributed by atoms with Gasteiger partial charge in [0, 0.05) is 0 Å². The van der Waals surface area contributed by atoms with Crippen LogP contribution >= 0.6 is 23.2 Å². The lowest BCUT2D eigenvalue weighted by molar-refractivity contribution is 0.108. The van der Waals surface area contributed by atoms with Gasteiger partial charge in [0.2, 0.25) is 0 Å². The molecule has 2 rings (SSSR count). The van der Waals surface area contributed by atoms with E-state index in [0.717, 1.165) is 5.56 Å². The van der Waals surface area contributed by atoms with Crippen molar-refractivity contribution in [1.29, 1.82) is 0 Å². The molecule has 2 heterocycles. The summed E-state index contributed by atoms with van der Waals surface area (Å²) in [5.74, 6) is 0.596. The van der Waals surface area contributed by atoms with Crippen molar-refractivity contribution < 1.29 is 4.79 Å². The Bertz CT molecular complexity index is 592. The lowest BCUT2D eigenvalue weighted by Gasteiger charge is -2.07. The van der Waals surface area contributed by atoms with Crippen molar-refractivity contribution in [3.8, 4) is 5.82 Å². The van der Waals surface area contributed by atoms with E-state index in [1.165, 1.54) is 6.20 Å². The van der Waals surface area contributed by atoms with Crippen molar-refractivity contribution in [3.63, 3.8) is 0 Å². The molecule has 2 aromatic rings. The fourth-order valence-corrected chi connectivity index (χ4v) is 1.85. The number of carbonyl (C=O) groups is 1. The van der Waals surface area contributed by atoms with Gasteiger partial charge in [-0.05, 0) is 37.1 Å². The maximum absolute atomic E-state index is 11.1. The zero-order valence-electron chi connectivity index (χ0n) is 9.24. The summed E-state index contributed by atoms with van der Waals surface area (Å²) in [7, 11) is 0. The lowest BCUT2D eigenvalue weighted by atomic mass is 10.2. The van der Waals surface area contributed by atoms with E-state index in [1.807, 2.05) is 13.0 Å². The minimum atomic E-state index is -0.534. The van der Waals surface area contributed by atoms with Gasteiger partial charge in [-0.2, -0.15) is 5.10 Å². The summed E-state index contributed by atoms with van der Waals surface area (Å²) in [5, 5.41) is 3.94. The van der Waals surface area contributed by atoms with Crippen LogP contribution in [-0.4, -0.2) is 20.0 Å². The average molecular weight is 270 g/mol. The number of aryl methyl sites for hydroxylation is 1. The molecule has 0 N–H and O–H groups in total. The van der Waals surface area contributed by atoms with Gasteiger partial charge in [0.15, 0.2) is 5.82 Å². The van der Waals surface area contributed by atoms with E-state index in [9.17, 15) is 4.79 Å². The minimum Gasteiger partial charge on any atom is -0.275 e. The zero-order chi connectivity index (χ0) is 12.6. The van der Waals surface area contributed by atoms with Crippen LogP contribution in [0.3, 0.4) is 0 Å². The predicted molar refractivity (Wildman–Crippen MR) is 66.0 cm³/mol. The normalized spacial score (nSPS) is 10.6. The van der Waals surface area contributed by atoms with Gasteiger partial charge in [-0.3, -0.25) is 4.79 Å². The van der Waals surface area contributed by atoms with E-state index in [1.54, 1.807) is 17.7 Å². The number of halogens is 2. The summed E-state index contributed by atoms with van der Waals surface area (Å²) in [6.45, 7) is 3.65. The SMILES string of the molecule is Cc1ccc(Cl)nc1-n1ncc(C(=O)Cl)c1C. The highest BCUT2D eigenvalue weighted by Gasteiger charge is 2.15. The highest BCUT2D eigenvalue weighted by molar-refractivity contribution is 6.67. The van der Waals surface area contributed by atoms with E-state index >= 15 is 0 Å². The first-order valence-corrected chi connectivity index (χ1v) is 5.64. The minimum absolute atomic E-state index is 0.368.